The largest absolute Gasteiger partial charge is 0.477 e. The Bertz CT molecular complexity index is 2140. The van der Waals surface area contributed by atoms with E-state index in [1.54, 1.807) is 25.2 Å². The highest BCUT2D eigenvalue weighted by atomic mass is 35.5. The second-order valence-electron chi connectivity index (χ2n) is 9.75. The van der Waals surface area contributed by atoms with E-state index >= 15 is 0 Å². The molecule has 0 saturated carbocycles. The van der Waals surface area contributed by atoms with Crippen molar-refractivity contribution in [1.82, 2.24) is 39.8 Å². The van der Waals surface area contributed by atoms with Gasteiger partial charge in [0.1, 0.15) is 5.69 Å². The fourth-order valence-corrected chi connectivity index (χ4v) is 4.80. The van der Waals surface area contributed by atoms with E-state index in [9.17, 15) is 24.3 Å². The lowest BCUT2D eigenvalue weighted by molar-refractivity contribution is 0.0687. The van der Waals surface area contributed by atoms with Crippen LogP contribution in [0.2, 0.25) is 0 Å². The van der Waals surface area contributed by atoms with Crippen molar-refractivity contribution in [1.29, 1.82) is 0 Å². The van der Waals surface area contributed by atoms with Crippen LogP contribution in [0.1, 0.15) is 57.6 Å². The molecule has 0 aliphatic heterocycles. The lowest BCUT2D eigenvalue weighted by atomic mass is 10.0. The first-order valence-electron chi connectivity index (χ1n) is 12.9. The van der Waals surface area contributed by atoms with Gasteiger partial charge in [0.25, 0.3) is 5.91 Å². The van der Waals surface area contributed by atoms with E-state index in [2.05, 4.69) is 35.3 Å². The molecule has 45 heavy (non-hydrogen) atoms. The molecule has 4 heterocycles. The summed E-state index contributed by atoms with van der Waals surface area (Å²) in [5.74, 6) is -2.35. The monoisotopic (exact) mass is 637 g/mol. The lowest BCUT2D eigenvalue weighted by Crippen LogP contribution is -2.25. The molecule has 6 aromatic rings. The number of H-pyrrole nitrogens is 1. The third kappa shape index (κ3) is 6.36. The molecular formula is C28H28ClN9O7. The minimum atomic E-state index is -1.26. The number of aryl methyl sites for hydroxylation is 2. The van der Waals surface area contributed by atoms with Crippen molar-refractivity contribution >= 4 is 41.0 Å². The first kappa shape index (κ1) is 32.3. The van der Waals surface area contributed by atoms with Gasteiger partial charge in [0.2, 0.25) is 0 Å². The molecule has 0 fully saturated rings. The van der Waals surface area contributed by atoms with Crippen molar-refractivity contribution in [2.45, 2.75) is 32.9 Å². The summed E-state index contributed by atoms with van der Waals surface area (Å²) >= 11 is 0. The van der Waals surface area contributed by atoms with Crippen LogP contribution in [-0.2, 0) is 20.0 Å². The summed E-state index contributed by atoms with van der Waals surface area (Å²) in [7, 11) is 1.59. The van der Waals surface area contributed by atoms with E-state index < -0.39 is 23.4 Å². The molecule has 1 aliphatic rings. The second-order valence-corrected chi connectivity index (χ2v) is 9.75. The molecule has 7 rings (SSSR count). The maximum absolute atomic E-state index is 12.4. The van der Waals surface area contributed by atoms with Gasteiger partial charge in [-0.05, 0) is 47.7 Å². The second kappa shape index (κ2) is 12.9. The van der Waals surface area contributed by atoms with Crippen LogP contribution >= 0.6 is 12.4 Å². The minimum absolute atomic E-state index is 0. The number of oxazole rings is 1. The zero-order valence-corrected chi connectivity index (χ0v) is 23.7. The van der Waals surface area contributed by atoms with Gasteiger partial charge in [-0.1, -0.05) is 36.0 Å². The number of carbonyl (C=O) groups excluding carboxylic acids is 1. The number of halogens is 1. The molecule has 234 valence electrons. The van der Waals surface area contributed by atoms with Crippen molar-refractivity contribution in [2.75, 3.05) is 0 Å². The Hall–Kier alpha value is -5.61. The number of nitrogens with one attached hydrogen (secondary N) is 2. The number of nitrogens with zero attached hydrogens (tertiary/aromatic N) is 6. The number of nitrogens with two attached hydrogens (primary N) is 1. The summed E-state index contributed by atoms with van der Waals surface area (Å²) in [4.78, 5) is 52.7. The molecule has 0 saturated heterocycles. The maximum Gasteiger partial charge on any atom is 0.439 e. The molecular weight excluding hydrogens is 610 g/mol. The van der Waals surface area contributed by atoms with Gasteiger partial charge in [0.05, 0.1) is 11.7 Å². The number of aromatic amines is 1. The van der Waals surface area contributed by atoms with Crippen LogP contribution in [-0.4, -0.2) is 51.5 Å². The highest BCUT2D eigenvalue weighted by Crippen LogP contribution is 2.31. The van der Waals surface area contributed by atoms with Gasteiger partial charge in [0.15, 0.2) is 22.7 Å². The van der Waals surface area contributed by atoms with E-state index in [0.29, 0.717) is 16.9 Å². The molecule has 0 radical (unpaired) electrons. The number of carboxylic acids is 1. The van der Waals surface area contributed by atoms with Crippen LogP contribution in [0.3, 0.4) is 0 Å². The number of fused-ring (bicyclic) bond motifs is 3. The quantitative estimate of drug-likeness (QED) is 0.213. The van der Waals surface area contributed by atoms with E-state index in [1.807, 2.05) is 18.2 Å². The summed E-state index contributed by atoms with van der Waals surface area (Å²) in [5, 5.41) is 22.8. The number of hydrogen-bond donors (Lipinski definition) is 4. The Balaban J connectivity index is 0.000000220. The average Bonchev–Trinajstić information content (AvgIpc) is 3.79. The Morgan fingerprint density at radius 2 is 1.98 bits per heavy atom. The molecule has 1 atom stereocenters. The molecule has 4 aromatic heterocycles. The van der Waals surface area contributed by atoms with Crippen molar-refractivity contribution in [3.05, 3.63) is 97.8 Å². The molecule has 2 aromatic carbocycles. The van der Waals surface area contributed by atoms with E-state index in [-0.39, 0.29) is 49.5 Å². The normalized spacial score (nSPS) is 13.3. The van der Waals surface area contributed by atoms with Gasteiger partial charge in [-0.25, -0.2) is 19.4 Å². The topological polar surface area (TPSA) is 230 Å². The summed E-state index contributed by atoms with van der Waals surface area (Å²) in [6, 6.07) is 12.3. The van der Waals surface area contributed by atoms with Crippen LogP contribution in [0.4, 0.5) is 0 Å². The number of aromatic carboxylic acids is 1. The summed E-state index contributed by atoms with van der Waals surface area (Å²) in [6.07, 6.45) is 3.22. The molecule has 1 aliphatic carbocycles. The number of carboxylic acid groups (broad SMARTS) is 1. The van der Waals surface area contributed by atoms with Crippen molar-refractivity contribution in [3.63, 3.8) is 0 Å². The number of aromatic nitrogens is 7. The molecule has 1 amide bonds. The lowest BCUT2D eigenvalue weighted by Gasteiger charge is -2.07. The van der Waals surface area contributed by atoms with Crippen LogP contribution in [0.15, 0.2) is 67.2 Å². The number of benzene rings is 2. The van der Waals surface area contributed by atoms with Crippen molar-refractivity contribution in [3.8, 4) is 11.4 Å². The predicted molar refractivity (Wildman–Crippen MR) is 162 cm³/mol. The Morgan fingerprint density at radius 1 is 1.18 bits per heavy atom. The highest BCUT2D eigenvalue weighted by Gasteiger charge is 2.20. The summed E-state index contributed by atoms with van der Waals surface area (Å²) in [5.41, 5.74) is 10.9. The summed E-state index contributed by atoms with van der Waals surface area (Å²) < 4.78 is 11.9. The first-order valence-corrected chi connectivity index (χ1v) is 12.9. The molecule has 5 N–H and O–H groups in total. The third-order valence-electron chi connectivity index (χ3n) is 7.01. The van der Waals surface area contributed by atoms with Crippen molar-refractivity contribution < 1.29 is 23.6 Å². The van der Waals surface area contributed by atoms with Gasteiger partial charge < -0.3 is 20.6 Å². The van der Waals surface area contributed by atoms with E-state index in [1.165, 1.54) is 21.9 Å². The predicted octanol–water partition coefficient (Wildman–Crippen LogP) is 2.23. The van der Waals surface area contributed by atoms with E-state index in [0.717, 1.165) is 34.6 Å². The third-order valence-corrected chi connectivity index (χ3v) is 7.01. The van der Waals surface area contributed by atoms with Gasteiger partial charge in [-0.3, -0.25) is 18.9 Å². The zero-order chi connectivity index (χ0) is 30.2. The highest BCUT2D eigenvalue weighted by molar-refractivity contribution is 5.96. The average molecular weight is 638 g/mol. The number of rotatable bonds is 5. The zero-order valence-electron chi connectivity index (χ0n) is 22.9. The fourth-order valence-electron chi connectivity index (χ4n) is 4.80. The molecule has 0 unspecified atom stereocenters. The Morgan fingerprint density at radius 3 is 2.71 bits per heavy atom. The van der Waals surface area contributed by atoms with Crippen LogP contribution in [0.5, 0.6) is 0 Å². The molecule has 16 nitrogen and oxygen atoms in total. The van der Waals surface area contributed by atoms with Crippen LogP contribution in [0, 0.1) is 0 Å². The van der Waals surface area contributed by atoms with Crippen molar-refractivity contribution in [2.24, 2.45) is 12.8 Å². The van der Waals surface area contributed by atoms with Gasteiger partial charge >= 0.3 is 17.5 Å². The fraction of sp³-hybridized carbons (Fsp3) is 0.214. The molecule has 0 bridgehead atoms. The Labute approximate surface area is 259 Å². The molecule has 0 spiro atoms. The smallest absolute Gasteiger partial charge is 0.439 e. The van der Waals surface area contributed by atoms with Crippen LogP contribution in [0.25, 0.3) is 28.1 Å². The van der Waals surface area contributed by atoms with Crippen LogP contribution < -0.4 is 22.6 Å². The maximum atomic E-state index is 12.4. The molecule has 17 heteroatoms. The van der Waals surface area contributed by atoms with E-state index in [4.69, 9.17) is 10.2 Å². The standard InChI is InChI=1S/C16H12N6O5.C11H11N3O2.CH4.ClH/c1-21-10-4-8(2-3-12(10)27-16(21)26)6-17-14(23)9-5-11(15(24)25)22-13(19-9)7-18-20-22;12-9-4-2-6-5-7(1-3-8(6)9)10-13-11(15)16-14-10;;/h2-5,7H,6H2,1H3,(H,17,23)(H,24,25);1,3,5,9H,2,4,12H2,(H,13,14,15);1H4;1H/t;9-;;/m.0../s1. The van der Waals surface area contributed by atoms with Gasteiger partial charge in [0, 0.05) is 31.3 Å². The summed E-state index contributed by atoms with van der Waals surface area (Å²) in [6.45, 7) is 0.154. The Kier molecular flexibility index (Phi) is 9.29. The van der Waals surface area contributed by atoms with Gasteiger partial charge in [-0.2, -0.15) is 4.52 Å². The number of hydrogen-bond acceptors (Lipinski definition) is 11. The minimum Gasteiger partial charge on any atom is -0.477 e. The number of amides is 1. The van der Waals surface area contributed by atoms with Gasteiger partial charge in [-0.15, -0.1) is 17.5 Å². The first-order chi connectivity index (χ1) is 20.7. The SMILES string of the molecule is C.Cl.Cn1c(=O)oc2ccc(CNC(=O)c3cc(C(=O)O)n4nncc4n3)cc21.N[C@H]1CCc2cc(-c3noc(=O)[nH]3)ccc21. The number of carbonyl (C=O) groups is 2.